The Balaban J connectivity index is 2.24. The van der Waals surface area contributed by atoms with Crippen molar-refractivity contribution in [3.05, 3.63) is 46.2 Å². The van der Waals surface area contributed by atoms with Gasteiger partial charge in [-0.05, 0) is 43.2 Å². The molecule has 1 aromatic heterocycles. The minimum absolute atomic E-state index is 0.00752. The lowest BCUT2D eigenvalue weighted by Gasteiger charge is -2.05. The number of allylic oxidation sites excluding steroid dienone is 1. The van der Waals surface area contributed by atoms with Crippen LogP contribution in [0.5, 0.6) is 11.5 Å². The third-order valence-corrected chi connectivity index (χ3v) is 3.91. The number of nitrogens with zero attached hydrogens (tertiary/aromatic N) is 2. The largest absolute Gasteiger partial charge is 0.504 e. The van der Waals surface area contributed by atoms with Crippen LogP contribution < -0.4 is 4.74 Å². The van der Waals surface area contributed by atoms with Crippen LogP contribution in [-0.4, -0.2) is 27.8 Å². The number of carbonyl (C=O) groups excluding carboxylic acids is 1. The maximum absolute atomic E-state index is 12.3. The summed E-state index contributed by atoms with van der Waals surface area (Å²) in [5, 5.41) is 14.5. The summed E-state index contributed by atoms with van der Waals surface area (Å²) in [5.74, 6) is 0.463. The first-order valence-corrected chi connectivity index (χ1v) is 8.03. The second kappa shape index (κ2) is 7.53. The van der Waals surface area contributed by atoms with Crippen molar-refractivity contribution >= 4 is 23.5 Å². The van der Waals surface area contributed by atoms with Gasteiger partial charge in [0.05, 0.1) is 12.8 Å². The molecule has 0 fully saturated rings. The van der Waals surface area contributed by atoms with Crippen LogP contribution in [0.3, 0.4) is 0 Å². The number of carbonyl (C=O) groups is 1. The fourth-order valence-electron chi connectivity index (χ4n) is 2.31. The molecule has 1 N–H and O–H groups in total. The first-order chi connectivity index (χ1) is 11.3. The molecule has 0 aliphatic rings. The predicted octanol–water partition coefficient (Wildman–Crippen LogP) is 4.11. The Bertz CT molecular complexity index is 779. The normalized spacial score (nSPS) is 11.4. The average Bonchev–Trinajstić information content (AvgIpc) is 2.78. The van der Waals surface area contributed by atoms with Gasteiger partial charge in [-0.2, -0.15) is 5.10 Å². The molecule has 5 nitrogen and oxygen atoms in total. The van der Waals surface area contributed by atoms with Gasteiger partial charge < -0.3 is 9.84 Å². The maximum Gasteiger partial charge on any atom is 0.185 e. The van der Waals surface area contributed by atoms with Gasteiger partial charge in [0.1, 0.15) is 5.15 Å². The second-order valence-corrected chi connectivity index (χ2v) is 6.31. The Hall–Kier alpha value is -2.27. The molecule has 0 spiro atoms. The van der Waals surface area contributed by atoms with E-state index in [2.05, 4.69) is 18.9 Å². The van der Waals surface area contributed by atoms with E-state index < -0.39 is 0 Å². The quantitative estimate of drug-likeness (QED) is 0.630. The van der Waals surface area contributed by atoms with Crippen LogP contribution >= 0.6 is 11.6 Å². The Labute approximate surface area is 146 Å². The van der Waals surface area contributed by atoms with Crippen LogP contribution in [0.1, 0.15) is 35.5 Å². The number of rotatable bonds is 6. The SMILES string of the molecule is COc1cc(C(=O)/C=C/c2c(C)nn(CC(C)C)c2Cl)ccc1O. The Morgan fingerprint density at radius 3 is 2.79 bits per heavy atom. The van der Waals surface area contributed by atoms with Gasteiger partial charge in [0, 0.05) is 17.7 Å². The number of hydrogen-bond donors (Lipinski definition) is 1. The number of ketones is 1. The van der Waals surface area contributed by atoms with Gasteiger partial charge >= 0.3 is 0 Å². The van der Waals surface area contributed by atoms with Crippen molar-refractivity contribution in [1.82, 2.24) is 9.78 Å². The minimum Gasteiger partial charge on any atom is -0.504 e. The lowest BCUT2D eigenvalue weighted by atomic mass is 10.1. The number of phenols is 1. The van der Waals surface area contributed by atoms with Crippen LogP contribution in [0.15, 0.2) is 24.3 Å². The van der Waals surface area contributed by atoms with Gasteiger partial charge in [-0.1, -0.05) is 25.4 Å². The first kappa shape index (κ1) is 18.1. The van der Waals surface area contributed by atoms with Gasteiger partial charge in [-0.25, -0.2) is 0 Å². The molecule has 0 aliphatic heterocycles. The van der Waals surface area contributed by atoms with E-state index in [0.717, 1.165) is 17.8 Å². The summed E-state index contributed by atoms with van der Waals surface area (Å²) in [6, 6.07) is 4.47. The number of methoxy groups -OCH3 is 1. The number of aryl methyl sites for hydroxylation is 1. The number of ether oxygens (including phenoxy) is 1. The fourth-order valence-corrected chi connectivity index (χ4v) is 2.62. The van der Waals surface area contributed by atoms with Crippen molar-refractivity contribution < 1.29 is 14.6 Å². The van der Waals surface area contributed by atoms with Crippen LogP contribution in [0.2, 0.25) is 5.15 Å². The molecule has 0 radical (unpaired) electrons. The van der Waals surface area contributed by atoms with Crippen molar-refractivity contribution in [2.75, 3.05) is 7.11 Å². The fraction of sp³-hybridized carbons (Fsp3) is 0.333. The zero-order chi connectivity index (χ0) is 17.9. The van der Waals surface area contributed by atoms with E-state index in [9.17, 15) is 9.90 Å². The van der Waals surface area contributed by atoms with Crippen LogP contribution in [0.25, 0.3) is 6.08 Å². The van der Waals surface area contributed by atoms with E-state index in [-0.39, 0.29) is 17.3 Å². The third kappa shape index (κ3) is 3.97. The molecule has 0 saturated carbocycles. The molecule has 0 unspecified atom stereocenters. The van der Waals surface area contributed by atoms with Gasteiger partial charge in [0.25, 0.3) is 0 Å². The predicted molar refractivity (Wildman–Crippen MR) is 94.8 cm³/mol. The molecular weight excluding hydrogens is 328 g/mol. The molecule has 2 rings (SSSR count). The monoisotopic (exact) mass is 348 g/mol. The molecule has 0 atom stereocenters. The van der Waals surface area contributed by atoms with E-state index in [1.165, 1.54) is 25.3 Å². The van der Waals surface area contributed by atoms with E-state index in [1.807, 2.05) is 6.92 Å². The van der Waals surface area contributed by atoms with Crippen LogP contribution in [-0.2, 0) is 6.54 Å². The lowest BCUT2D eigenvalue weighted by molar-refractivity contribution is 0.104. The molecule has 2 aromatic rings. The highest BCUT2D eigenvalue weighted by Crippen LogP contribution is 2.27. The Morgan fingerprint density at radius 1 is 1.46 bits per heavy atom. The molecular formula is C18H21ClN2O3. The molecule has 0 bridgehead atoms. The highest BCUT2D eigenvalue weighted by Gasteiger charge is 2.13. The number of hydrogen-bond acceptors (Lipinski definition) is 4. The standard InChI is InChI=1S/C18H21ClN2O3/c1-11(2)10-21-18(19)14(12(3)20-21)6-8-15(22)13-5-7-16(23)17(9-13)24-4/h5-9,11,23H,10H2,1-4H3/b8-6+. The summed E-state index contributed by atoms with van der Waals surface area (Å²) >= 11 is 6.36. The first-order valence-electron chi connectivity index (χ1n) is 7.65. The number of phenolic OH excluding ortho intramolecular Hbond substituents is 1. The number of aromatic hydroxyl groups is 1. The topological polar surface area (TPSA) is 64.3 Å². The highest BCUT2D eigenvalue weighted by atomic mass is 35.5. The molecule has 0 aliphatic carbocycles. The van der Waals surface area contributed by atoms with Crippen molar-refractivity contribution in [3.63, 3.8) is 0 Å². The molecule has 24 heavy (non-hydrogen) atoms. The van der Waals surface area contributed by atoms with Gasteiger partial charge in [0.15, 0.2) is 17.3 Å². The summed E-state index contributed by atoms with van der Waals surface area (Å²) in [6.45, 7) is 6.75. The van der Waals surface area contributed by atoms with Gasteiger partial charge in [0.2, 0.25) is 0 Å². The van der Waals surface area contributed by atoms with E-state index >= 15 is 0 Å². The smallest absolute Gasteiger partial charge is 0.185 e. The molecule has 1 aromatic carbocycles. The Morgan fingerprint density at radius 2 is 2.17 bits per heavy atom. The van der Waals surface area contributed by atoms with Crippen molar-refractivity contribution in [3.8, 4) is 11.5 Å². The zero-order valence-corrected chi connectivity index (χ0v) is 15.0. The second-order valence-electron chi connectivity index (χ2n) is 5.95. The average molecular weight is 349 g/mol. The molecule has 6 heteroatoms. The van der Waals surface area contributed by atoms with Crippen molar-refractivity contribution in [2.45, 2.75) is 27.3 Å². The third-order valence-electron chi connectivity index (χ3n) is 3.51. The van der Waals surface area contributed by atoms with E-state index in [0.29, 0.717) is 16.6 Å². The molecule has 0 amide bonds. The van der Waals surface area contributed by atoms with E-state index in [4.69, 9.17) is 16.3 Å². The maximum atomic E-state index is 12.3. The summed E-state index contributed by atoms with van der Waals surface area (Å²) < 4.78 is 6.76. The molecule has 0 saturated heterocycles. The van der Waals surface area contributed by atoms with Crippen LogP contribution in [0, 0.1) is 12.8 Å². The van der Waals surface area contributed by atoms with Gasteiger partial charge in [-0.3, -0.25) is 9.48 Å². The van der Waals surface area contributed by atoms with Crippen molar-refractivity contribution in [2.24, 2.45) is 5.92 Å². The number of halogens is 1. The summed E-state index contributed by atoms with van der Waals surface area (Å²) in [5.41, 5.74) is 1.92. The lowest BCUT2D eigenvalue weighted by Crippen LogP contribution is -2.06. The summed E-state index contributed by atoms with van der Waals surface area (Å²) in [4.78, 5) is 12.3. The number of benzene rings is 1. The highest BCUT2D eigenvalue weighted by molar-refractivity contribution is 6.31. The minimum atomic E-state index is -0.208. The molecule has 1 heterocycles. The van der Waals surface area contributed by atoms with E-state index in [1.54, 1.807) is 16.8 Å². The zero-order valence-electron chi connectivity index (χ0n) is 14.2. The molecule has 128 valence electrons. The summed E-state index contributed by atoms with van der Waals surface area (Å²) in [6.07, 6.45) is 3.12. The Kier molecular flexibility index (Phi) is 5.67. The summed E-state index contributed by atoms with van der Waals surface area (Å²) in [7, 11) is 1.44. The van der Waals surface area contributed by atoms with Crippen molar-refractivity contribution in [1.29, 1.82) is 0 Å². The number of aromatic nitrogens is 2. The van der Waals surface area contributed by atoms with Crippen LogP contribution in [0.4, 0.5) is 0 Å². The van der Waals surface area contributed by atoms with Gasteiger partial charge in [-0.15, -0.1) is 0 Å².